The van der Waals surface area contributed by atoms with Gasteiger partial charge in [0.15, 0.2) is 0 Å². The third kappa shape index (κ3) is 5.92. The van der Waals surface area contributed by atoms with Crippen molar-refractivity contribution < 1.29 is 13.9 Å². The van der Waals surface area contributed by atoms with Crippen molar-refractivity contribution in [3.05, 3.63) is 53.7 Å². The van der Waals surface area contributed by atoms with Crippen LogP contribution in [0.3, 0.4) is 0 Å². The summed E-state index contributed by atoms with van der Waals surface area (Å²) in [5.74, 6) is 0.0907. The zero-order valence-electron chi connectivity index (χ0n) is 13.6. The number of nitrogens with one attached hydrogen (secondary N) is 2. The number of anilines is 1. The second-order valence-corrected chi connectivity index (χ2v) is 5.19. The molecular weight excluding hydrogens is 311 g/mol. The zero-order chi connectivity index (χ0) is 17.2. The van der Waals surface area contributed by atoms with Crippen LogP contribution >= 0.6 is 0 Å². The highest BCUT2D eigenvalue weighted by molar-refractivity contribution is 5.92. The Morgan fingerprint density at radius 3 is 2.75 bits per heavy atom. The van der Waals surface area contributed by atoms with E-state index in [9.17, 15) is 9.18 Å². The molecule has 0 radical (unpaired) electrons. The minimum Gasteiger partial charge on any atom is -0.385 e. The first kappa shape index (κ1) is 17.8. The fourth-order valence-corrected chi connectivity index (χ4v) is 2.07. The van der Waals surface area contributed by atoms with E-state index in [-0.39, 0.29) is 11.7 Å². The number of nitrogens with zero attached hydrogens (tertiary/aromatic N) is 2. The number of hydrogen-bond donors (Lipinski definition) is 2. The van der Waals surface area contributed by atoms with Gasteiger partial charge >= 0.3 is 0 Å². The van der Waals surface area contributed by atoms with Gasteiger partial charge in [-0.3, -0.25) is 4.79 Å². The lowest BCUT2D eigenvalue weighted by atomic mass is 10.1. The molecular formula is C17H21FN4O2. The lowest BCUT2D eigenvalue weighted by Crippen LogP contribution is -2.26. The maximum atomic E-state index is 12.8. The van der Waals surface area contributed by atoms with Gasteiger partial charge in [0.05, 0.1) is 0 Å². The Morgan fingerprint density at radius 2 is 2.00 bits per heavy atom. The Morgan fingerprint density at radius 1 is 1.21 bits per heavy atom. The predicted molar refractivity (Wildman–Crippen MR) is 89.5 cm³/mol. The van der Waals surface area contributed by atoms with Crippen LogP contribution in [0.15, 0.2) is 36.7 Å². The van der Waals surface area contributed by atoms with Crippen LogP contribution in [0, 0.1) is 5.82 Å². The first-order valence-corrected chi connectivity index (χ1v) is 7.76. The summed E-state index contributed by atoms with van der Waals surface area (Å²) in [5, 5.41) is 5.91. The standard InChI is InChI=1S/C17H21FN4O2/c1-24-10-2-8-20-17(23)15-11-16(22-12-21-15)19-9-7-13-3-5-14(18)6-4-13/h3-6,11-12H,2,7-10H2,1H3,(H,20,23)(H,19,21,22). The molecule has 0 aliphatic rings. The highest BCUT2D eigenvalue weighted by Crippen LogP contribution is 2.06. The number of halogens is 1. The van der Waals surface area contributed by atoms with E-state index in [0.717, 1.165) is 18.4 Å². The van der Waals surface area contributed by atoms with Crippen molar-refractivity contribution in [3.63, 3.8) is 0 Å². The second kappa shape index (κ2) is 9.57. The molecule has 2 N–H and O–H groups in total. The van der Waals surface area contributed by atoms with E-state index in [0.29, 0.717) is 31.2 Å². The number of hydrogen-bond acceptors (Lipinski definition) is 5. The molecule has 0 spiro atoms. The van der Waals surface area contributed by atoms with Gasteiger partial charge in [-0.05, 0) is 30.5 Å². The van der Waals surface area contributed by atoms with E-state index in [4.69, 9.17) is 4.74 Å². The smallest absolute Gasteiger partial charge is 0.270 e. The normalized spacial score (nSPS) is 10.4. The van der Waals surface area contributed by atoms with Gasteiger partial charge in [0.1, 0.15) is 23.7 Å². The summed E-state index contributed by atoms with van der Waals surface area (Å²) in [6.45, 7) is 1.75. The number of aromatic nitrogens is 2. The molecule has 0 bridgehead atoms. The Bertz CT molecular complexity index is 649. The average Bonchev–Trinajstić information content (AvgIpc) is 2.60. The summed E-state index contributed by atoms with van der Waals surface area (Å²) < 4.78 is 17.8. The highest BCUT2D eigenvalue weighted by atomic mass is 19.1. The van der Waals surface area contributed by atoms with Gasteiger partial charge in [-0.1, -0.05) is 12.1 Å². The molecule has 7 heteroatoms. The number of methoxy groups -OCH3 is 1. The fourth-order valence-electron chi connectivity index (χ4n) is 2.07. The van der Waals surface area contributed by atoms with E-state index >= 15 is 0 Å². The largest absolute Gasteiger partial charge is 0.385 e. The molecule has 1 heterocycles. The molecule has 0 saturated carbocycles. The number of amides is 1. The fraction of sp³-hybridized carbons (Fsp3) is 0.353. The minimum absolute atomic E-state index is 0.241. The van der Waals surface area contributed by atoms with Crippen LogP contribution in [0.5, 0.6) is 0 Å². The van der Waals surface area contributed by atoms with Crippen molar-refractivity contribution >= 4 is 11.7 Å². The van der Waals surface area contributed by atoms with E-state index in [1.54, 1.807) is 25.3 Å². The summed E-state index contributed by atoms with van der Waals surface area (Å²) in [6.07, 6.45) is 2.82. The third-order valence-electron chi connectivity index (χ3n) is 3.34. The van der Waals surface area contributed by atoms with E-state index in [1.165, 1.54) is 18.5 Å². The van der Waals surface area contributed by atoms with Gasteiger partial charge in [-0.25, -0.2) is 14.4 Å². The SMILES string of the molecule is COCCCNC(=O)c1cc(NCCc2ccc(F)cc2)ncn1. The number of carbonyl (C=O) groups is 1. The molecule has 0 fully saturated rings. The highest BCUT2D eigenvalue weighted by Gasteiger charge is 2.08. The Hall–Kier alpha value is -2.54. The van der Waals surface area contributed by atoms with Crippen LogP contribution in [0.25, 0.3) is 0 Å². The molecule has 1 aromatic carbocycles. The first-order chi connectivity index (χ1) is 11.7. The van der Waals surface area contributed by atoms with Gasteiger partial charge in [0, 0.05) is 32.9 Å². The summed E-state index contributed by atoms with van der Waals surface area (Å²) in [6, 6.07) is 7.97. The molecule has 0 saturated heterocycles. The number of ether oxygens (including phenoxy) is 1. The molecule has 24 heavy (non-hydrogen) atoms. The van der Waals surface area contributed by atoms with Gasteiger partial charge in [0.2, 0.25) is 0 Å². The van der Waals surface area contributed by atoms with Crippen LogP contribution < -0.4 is 10.6 Å². The maximum Gasteiger partial charge on any atom is 0.270 e. The third-order valence-corrected chi connectivity index (χ3v) is 3.34. The number of benzene rings is 1. The quantitative estimate of drug-likeness (QED) is 0.687. The molecule has 0 aliphatic heterocycles. The van der Waals surface area contributed by atoms with Gasteiger partial charge in [-0.15, -0.1) is 0 Å². The zero-order valence-corrected chi connectivity index (χ0v) is 13.6. The van der Waals surface area contributed by atoms with Crippen LogP contribution in [-0.2, 0) is 11.2 Å². The molecule has 0 aliphatic carbocycles. The van der Waals surface area contributed by atoms with Crippen LogP contribution in [-0.4, -0.2) is 42.7 Å². The molecule has 0 atom stereocenters. The Labute approximate surface area is 140 Å². The summed E-state index contributed by atoms with van der Waals surface area (Å²) in [5.41, 5.74) is 1.33. The topological polar surface area (TPSA) is 76.1 Å². The maximum absolute atomic E-state index is 12.8. The van der Waals surface area contributed by atoms with Crippen molar-refractivity contribution in [2.45, 2.75) is 12.8 Å². The van der Waals surface area contributed by atoms with E-state index < -0.39 is 0 Å². The Balaban J connectivity index is 1.81. The lowest BCUT2D eigenvalue weighted by molar-refractivity contribution is 0.0943. The molecule has 6 nitrogen and oxygen atoms in total. The van der Waals surface area contributed by atoms with Crippen LogP contribution in [0.1, 0.15) is 22.5 Å². The number of carbonyl (C=O) groups excluding carboxylic acids is 1. The van der Waals surface area contributed by atoms with Crippen molar-refractivity contribution in [2.75, 3.05) is 32.1 Å². The summed E-state index contributed by atoms with van der Waals surface area (Å²) in [7, 11) is 1.62. The van der Waals surface area contributed by atoms with Gasteiger partial charge in [-0.2, -0.15) is 0 Å². The Kier molecular flexibility index (Phi) is 7.10. The van der Waals surface area contributed by atoms with Gasteiger partial charge in [0.25, 0.3) is 5.91 Å². The van der Waals surface area contributed by atoms with Crippen molar-refractivity contribution in [1.82, 2.24) is 15.3 Å². The van der Waals surface area contributed by atoms with Gasteiger partial charge < -0.3 is 15.4 Å². The molecule has 128 valence electrons. The molecule has 0 unspecified atom stereocenters. The minimum atomic E-state index is -0.247. The molecule has 1 aromatic heterocycles. The van der Waals surface area contributed by atoms with E-state index in [1.807, 2.05) is 0 Å². The van der Waals surface area contributed by atoms with Crippen molar-refractivity contribution in [2.24, 2.45) is 0 Å². The second-order valence-electron chi connectivity index (χ2n) is 5.19. The van der Waals surface area contributed by atoms with E-state index in [2.05, 4.69) is 20.6 Å². The summed E-state index contributed by atoms with van der Waals surface area (Å²) >= 11 is 0. The molecule has 2 rings (SSSR count). The molecule has 2 aromatic rings. The summed E-state index contributed by atoms with van der Waals surface area (Å²) in [4.78, 5) is 20.1. The van der Waals surface area contributed by atoms with Crippen molar-refractivity contribution in [3.8, 4) is 0 Å². The number of rotatable bonds is 9. The first-order valence-electron chi connectivity index (χ1n) is 7.76. The van der Waals surface area contributed by atoms with Crippen LogP contribution in [0.2, 0.25) is 0 Å². The monoisotopic (exact) mass is 332 g/mol. The molecule has 1 amide bonds. The lowest BCUT2D eigenvalue weighted by Gasteiger charge is -2.08. The predicted octanol–water partition coefficient (Wildman–Crippen LogP) is 2.04. The average molecular weight is 332 g/mol. The van der Waals surface area contributed by atoms with Crippen molar-refractivity contribution in [1.29, 1.82) is 0 Å². The van der Waals surface area contributed by atoms with Crippen LogP contribution in [0.4, 0.5) is 10.2 Å².